The van der Waals surface area contributed by atoms with Crippen LogP contribution in [0.1, 0.15) is 119 Å². The van der Waals surface area contributed by atoms with Crippen LogP contribution >= 0.6 is 0 Å². The van der Waals surface area contributed by atoms with Gasteiger partial charge >= 0.3 is 18.4 Å². The van der Waals surface area contributed by atoms with E-state index in [0.29, 0.717) is 54.7 Å². The van der Waals surface area contributed by atoms with Crippen molar-refractivity contribution < 1.29 is 42.2 Å². The first-order valence-corrected chi connectivity index (χ1v) is 23.2. The maximum absolute atomic E-state index is 13.7. The number of anilines is 1. The number of aromatic amines is 2. The number of amides is 4. The number of H-pyrrole nitrogens is 2. The Bertz CT molecular complexity index is 2580. The van der Waals surface area contributed by atoms with E-state index in [-0.39, 0.29) is 47.8 Å². The van der Waals surface area contributed by atoms with Crippen molar-refractivity contribution in [2.45, 2.75) is 109 Å². The summed E-state index contributed by atoms with van der Waals surface area (Å²) in [6.45, 7) is 8.38. The van der Waals surface area contributed by atoms with E-state index in [2.05, 4.69) is 25.5 Å². The first-order valence-electron chi connectivity index (χ1n) is 23.2. The predicted octanol–water partition coefficient (Wildman–Crippen LogP) is 9.57. The number of methoxy groups -OCH3 is 1. The zero-order chi connectivity index (χ0) is 48.4. The summed E-state index contributed by atoms with van der Waals surface area (Å²) in [6, 6.07) is 18.8. The molecule has 5 N–H and O–H groups in total. The fourth-order valence-electron chi connectivity index (χ4n) is 10.0. The molecule has 0 unspecified atom stereocenters. The van der Waals surface area contributed by atoms with Gasteiger partial charge in [-0.15, -0.1) is 0 Å². The second kappa shape index (κ2) is 19.8. The van der Waals surface area contributed by atoms with Crippen molar-refractivity contribution in [2.24, 2.45) is 11.8 Å². The predicted molar refractivity (Wildman–Crippen MR) is 248 cm³/mol. The topological polar surface area (TPSA) is 189 Å². The molecule has 6 atom stereocenters. The van der Waals surface area contributed by atoms with Gasteiger partial charge in [0.25, 0.3) is 0 Å². The minimum absolute atomic E-state index is 0.155. The van der Waals surface area contributed by atoms with Crippen molar-refractivity contribution in [2.75, 3.05) is 25.1 Å². The zero-order valence-electron chi connectivity index (χ0n) is 38.7. The molecule has 0 radical (unpaired) electrons. The molecule has 3 aliphatic rings. The molecule has 5 heterocycles. The van der Waals surface area contributed by atoms with Gasteiger partial charge in [0.05, 0.1) is 48.2 Å². The van der Waals surface area contributed by atoms with Crippen LogP contribution in [0.15, 0.2) is 85.2 Å². The summed E-state index contributed by atoms with van der Waals surface area (Å²) >= 11 is 0. The van der Waals surface area contributed by atoms with Crippen LogP contribution in [0.5, 0.6) is 0 Å². The van der Waals surface area contributed by atoms with E-state index in [4.69, 9.17) is 14.7 Å². The van der Waals surface area contributed by atoms with Crippen molar-refractivity contribution in [3.63, 3.8) is 0 Å². The second-order valence-electron chi connectivity index (χ2n) is 18.6. The standard InChI is InChI=1S/C50H58F3N9O6/c1-28(2)42(58-48(65)66)46(63)60-24-6-8-40(60)44-54-26-36(56-44)30-10-14-32(15-11-30)38-22-23-39(62(38)35-20-18-34(19-21-35)50(51,52)53)33-16-12-31(13-17-33)37-27-55-45(57-37)41-9-7-25-61(41)47(64)43(29(3)4)59-49(67)68-5/h10-21,26-29,38-43,58H,6-9,22-25H2,1-5H3,(H,54,56)(H,55,57)(H,59,67)(H,65,66)/t38-,39-,40-,41-,42-,43-/m0/s1. The molecule has 4 amide bonds. The molecule has 0 saturated carbocycles. The molecule has 3 saturated heterocycles. The van der Waals surface area contributed by atoms with Crippen LogP contribution < -0.4 is 15.5 Å². The minimum atomic E-state index is -4.48. The Morgan fingerprint density at radius 3 is 1.50 bits per heavy atom. The number of alkyl halides is 3. The van der Waals surface area contributed by atoms with Crippen LogP contribution in [-0.4, -0.2) is 91.1 Å². The lowest BCUT2D eigenvalue weighted by Crippen LogP contribution is -2.51. The van der Waals surface area contributed by atoms with Crippen LogP contribution in [0.3, 0.4) is 0 Å². The average molecular weight is 938 g/mol. The van der Waals surface area contributed by atoms with Crippen molar-refractivity contribution in [3.8, 4) is 22.5 Å². The number of alkyl carbamates (subject to hydrolysis) is 1. The quantitative estimate of drug-likeness (QED) is 0.0766. The third kappa shape index (κ3) is 9.90. The number of rotatable bonds is 13. The van der Waals surface area contributed by atoms with Crippen LogP contribution in [0, 0.1) is 11.8 Å². The van der Waals surface area contributed by atoms with Gasteiger partial charge in [-0.05, 0) is 85.8 Å². The first kappa shape index (κ1) is 47.6. The van der Waals surface area contributed by atoms with Crippen LogP contribution in [-0.2, 0) is 20.5 Å². The third-order valence-corrected chi connectivity index (χ3v) is 13.6. The van der Waals surface area contributed by atoms with Gasteiger partial charge in [-0.1, -0.05) is 76.2 Å². The number of hydrogen-bond donors (Lipinski definition) is 5. The highest BCUT2D eigenvalue weighted by atomic mass is 19.4. The summed E-state index contributed by atoms with van der Waals surface area (Å²) in [7, 11) is 1.26. The van der Waals surface area contributed by atoms with E-state index in [0.717, 1.165) is 60.1 Å². The number of benzene rings is 3. The fraction of sp³-hybridized carbons (Fsp3) is 0.440. The highest BCUT2D eigenvalue weighted by Crippen LogP contribution is 2.48. The number of hydrogen-bond acceptors (Lipinski definition) is 8. The SMILES string of the molecule is COC(=O)N[C@H](C(=O)N1CCC[C@H]1c1nc(-c2ccc([C@@H]3CC[C@@H](c4ccc(-c5c[nH]c([C@@H]6CCCN6C(=O)[C@@H](NC(=O)O)C(C)C)n5)cc4)N3c3ccc(C(F)(F)F)cc3)cc2)c[nH]1)C(C)C. The van der Waals surface area contributed by atoms with Gasteiger partial charge in [0.1, 0.15) is 23.7 Å². The van der Waals surface area contributed by atoms with Crippen molar-refractivity contribution in [1.82, 2.24) is 40.4 Å². The Morgan fingerprint density at radius 1 is 0.662 bits per heavy atom. The van der Waals surface area contributed by atoms with E-state index >= 15 is 0 Å². The molecule has 0 aliphatic carbocycles. The maximum Gasteiger partial charge on any atom is 0.416 e. The van der Waals surface area contributed by atoms with E-state index < -0.39 is 36.0 Å². The molecule has 360 valence electrons. The summed E-state index contributed by atoms with van der Waals surface area (Å²) in [5, 5.41) is 14.4. The van der Waals surface area contributed by atoms with Crippen LogP contribution in [0.2, 0.25) is 0 Å². The van der Waals surface area contributed by atoms with Gasteiger partial charge in [0, 0.05) is 42.3 Å². The lowest BCUT2D eigenvalue weighted by molar-refractivity contribution is -0.138. The number of carbonyl (C=O) groups excluding carboxylic acids is 3. The molecule has 5 aromatic rings. The van der Waals surface area contributed by atoms with Gasteiger partial charge in [-0.25, -0.2) is 19.6 Å². The number of imidazole rings is 2. The number of likely N-dealkylation sites (tertiary alicyclic amines) is 2. The Hall–Kier alpha value is -6.85. The molecule has 15 nitrogen and oxygen atoms in total. The van der Waals surface area contributed by atoms with Gasteiger partial charge in [0.15, 0.2) is 0 Å². The second-order valence-corrected chi connectivity index (χ2v) is 18.6. The Balaban J connectivity index is 1.00. The van der Waals surface area contributed by atoms with E-state index in [1.165, 1.54) is 19.2 Å². The highest BCUT2D eigenvalue weighted by Gasteiger charge is 2.40. The molecule has 3 fully saturated rings. The molecule has 8 rings (SSSR count). The molecular weight excluding hydrogens is 880 g/mol. The van der Waals surface area contributed by atoms with Gasteiger partial charge in [-0.3, -0.25) is 9.59 Å². The zero-order valence-corrected chi connectivity index (χ0v) is 38.7. The number of carbonyl (C=O) groups is 4. The molecular formula is C50H58F3N9O6. The molecule has 18 heteroatoms. The monoisotopic (exact) mass is 937 g/mol. The summed E-state index contributed by atoms with van der Waals surface area (Å²) in [5.41, 5.74) is 5.02. The average Bonchev–Trinajstić information content (AvgIpc) is 4.18. The van der Waals surface area contributed by atoms with Gasteiger partial charge in [-0.2, -0.15) is 13.2 Å². The number of carboxylic acid groups (broad SMARTS) is 1. The smallest absolute Gasteiger partial charge is 0.416 e. The number of ether oxygens (including phenoxy) is 1. The molecule has 68 heavy (non-hydrogen) atoms. The maximum atomic E-state index is 13.7. The largest absolute Gasteiger partial charge is 0.465 e. The normalized spacial score (nSPS) is 20.5. The summed E-state index contributed by atoms with van der Waals surface area (Å²) in [6.07, 6.45) is 1.67. The van der Waals surface area contributed by atoms with Gasteiger partial charge in [0.2, 0.25) is 11.8 Å². The number of nitrogens with zero attached hydrogens (tertiary/aromatic N) is 5. The Kier molecular flexibility index (Phi) is 13.9. The summed E-state index contributed by atoms with van der Waals surface area (Å²) < 4.78 is 46.0. The first-order chi connectivity index (χ1) is 32.5. The molecule has 3 aliphatic heterocycles. The summed E-state index contributed by atoms with van der Waals surface area (Å²) in [5.74, 6) is 0.407. The van der Waals surface area contributed by atoms with Crippen molar-refractivity contribution in [1.29, 1.82) is 0 Å². The number of nitrogens with one attached hydrogen (secondary N) is 4. The van der Waals surface area contributed by atoms with E-state index in [9.17, 15) is 37.5 Å². The minimum Gasteiger partial charge on any atom is -0.465 e. The van der Waals surface area contributed by atoms with E-state index in [1.807, 2.05) is 68.6 Å². The van der Waals surface area contributed by atoms with Crippen molar-refractivity contribution >= 4 is 29.7 Å². The molecule has 2 aromatic heterocycles. The van der Waals surface area contributed by atoms with E-state index in [1.54, 1.807) is 29.8 Å². The van der Waals surface area contributed by atoms with Crippen LogP contribution in [0.4, 0.5) is 28.4 Å². The number of aromatic nitrogens is 4. The third-order valence-electron chi connectivity index (χ3n) is 13.6. The molecule has 0 spiro atoms. The lowest BCUT2D eigenvalue weighted by atomic mass is 10.0. The fourth-order valence-corrected chi connectivity index (χ4v) is 10.0. The number of halogens is 3. The molecule has 3 aromatic carbocycles. The Labute approximate surface area is 392 Å². The Morgan fingerprint density at radius 2 is 1.10 bits per heavy atom. The van der Waals surface area contributed by atoms with Crippen molar-refractivity contribution in [3.05, 3.63) is 114 Å². The lowest BCUT2D eigenvalue weighted by Gasteiger charge is -2.33. The van der Waals surface area contributed by atoms with Crippen LogP contribution in [0.25, 0.3) is 22.5 Å². The molecule has 0 bridgehead atoms. The van der Waals surface area contributed by atoms with Gasteiger partial charge < -0.3 is 45.1 Å². The summed E-state index contributed by atoms with van der Waals surface area (Å²) in [4.78, 5) is 72.8. The highest BCUT2D eigenvalue weighted by molar-refractivity contribution is 5.87.